The van der Waals surface area contributed by atoms with Gasteiger partial charge in [-0.05, 0) is 61.2 Å². The van der Waals surface area contributed by atoms with Crippen molar-refractivity contribution in [2.24, 2.45) is 7.05 Å². The summed E-state index contributed by atoms with van der Waals surface area (Å²) in [6.45, 7) is 2.43. The van der Waals surface area contributed by atoms with E-state index in [1.165, 1.54) is 32.2 Å². The number of H-pyrrole nitrogens is 1. The van der Waals surface area contributed by atoms with Gasteiger partial charge in [-0.25, -0.2) is 13.4 Å². The summed E-state index contributed by atoms with van der Waals surface area (Å²) in [6, 6.07) is 1.94. The molecular formula is C54H77InN14O23S3. The minimum absolute atomic E-state index is 0.0566. The van der Waals surface area contributed by atoms with Gasteiger partial charge in [-0.15, -0.1) is 0 Å². The van der Waals surface area contributed by atoms with Crippen molar-refractivity contribution in [1.82, 2.24) is 65.4 Å². The van der Waals surface area contributed by atoms with Crippen molar-refractivity contribution in [2.75, 3.05) is 122 Å². The molecule has 0 radical (unpaired) electrons. The van der Waals surface area contributed by atoms with E-state index in [0.29, 0.717) is 31.1 Å². The van der Waals surface area contributed by atoms with Crippen molar-refractivity contribution in [2.45, 2.75) is 56.3 Å². The molecule has 4 aromatic rings. The number of aryl methyl sites for hydroxylation is 3. The number of pyridine rings is 1. The Balaban J connectivity index is 0.864. The van der Waals surface area contributed by atoms with Gasteiger partial charge in [-0.1, -0.05) is 6.07 Å². The Hall–Kier alpha value is -7.23. The van der Waals surface area contributed by atoms with Crippen LogP contribution in [0.4, 0.5) is 5.95 Å². The number of imidazole rings is 1. The monoisotopic (exact) mass is 1500 g/mol. The molecule has 2 aromatic heterocycles. The number of sulfonamides is 1. The molecule has 4 bridgehead atoms. The Morgan fingerprint density at radius 1 is 0.716 bits per heavy atom. The van der Waals surface area contributed by atoms with E-state index in [4.69, 9.17) is 13.3 Å². The summed E-state index contributed by atoms with van der Waals surface area (Å²) in [5.41, 5.74) is 0.689. The number of hydrogen-bond donors (Lipinski definition) is 15. The van der Waals surface area contributed by atoms with Crippen LogP contribution in [0.25, 0.3) is 10.9 Å². The van der Waals surface area contributed by atoms with E-state index in [0.717, 1.165) is 5.56 Å². The quantitative estimate of drug-likeness (QED) is 0.0258. The Morgan fingerprint density at radius 3 is 1.82 bits per heavy atom. The molecule has 0 saturated carbocycles. The largest absolute Gasteiger partial charge is 0.480 e. The second-order valence-corrected chi connectivity index (χ2v) is 31.0. The van der Waals surface area contributed by atoms with Crippen LogP contribution >= 0.6 is 21.7 Å². The van der Waals surface area contributed by atoms with Gasteiger partial charge in [0, 0.05) is 63.6 Å². The number of nitrogens with one attached hydrogen (secondary N) is 8. The molecule has 522 valence electrons. The third kappa shape index (κ3) is 23.8. The molecule has 7 rings (SSSR count). The van der Waals surface area contributed by atoms with Gasteiger partial charge in [0.2, 0.25) is 27.3 Å². The molecule has 37 nitrogen and oxygen atoms in total. The van der Waals surface area contributed by atoms with Gasteiger partial charge < -0.3 is 73.3 Å². The zero-order chi connectivity index (χ0) is 69.4. The van der Waals surface area contributed by atoms with Gasteiger partial charge in [0.15, 0.2) is 5.95 Å². The third-order valence-electron chi connectivity index (χ3n) is 14.9. The normalized spacial score (nSPS) is 18.9. The van der Waals surface area contributed by atoms with E-state index >= 15 is 0 Å². The second kappa shape index (κ2) is 34.1. The molecule has 0 spiro atoms. The number of hydrogen-bond acceptors (Lipinski definition) is 28. The van der Waals surface area contributed by atoms with Gasteiger partial charge in [0.25, 0.3) is 5.91 Å². The summed E-state index contributed by atoms with van der Waals surface area (Å²) in [7, 11) is -12.0. The van der Waals surface area contributed by atoms with Gasteiger partial charge in [0.05, 0.1) is 44.5 Å². The molecule has 41 heteroatoms. The predicted octanol–water partition coefficient (Wildman–Crippen LogP) is -2.68. The fourth-order valence-corrected chi connectivity index (χ4v) is 16.2. The van der Waals surface area contributed by atoms with Crippen LogP contribution in [0.1, 0.15) is 39.9 Å². The van der Waals surface area contributed by atoms with Crippen molar-refractivity contribution < 1.29 is 97.3 Å². The molecule has 5 amide bonds. The maximum atomic E-state index is 13.7. The molecule has 5 atom stereocenters. The molecule has 95 heavy (non-hydrogen) atoms. The summed E-state index contributed by atoms with van der Waals surface area (Å²) in [6.07, 6.45) is 4.53. The van der Waals surface area contributed by atoms with Crippen molar-refractivity contribution in [1.29, 1.82) is 0 Å². The Bertz CT molecular complexity index is 3580. The first kappa shape index (κ1) is 75.2. The number of rotatable bonds is 28. The van der Waals surface area contributed by atoms with Crippen LogP contribution in [0.3, 0.4) is 0 Å². The fraction of sp³-hybridized carbons (Fsp3) is 0.500. The van der Waals surface area contributed by atoms with Crippen molar-refractivity contribution in [3.8, 4) is 5.75 Å². The smallest absolute Gasteiger partial charge is 0.323 e. The number of carboxylic acids is 1. The number of benzene rings is 2. The summed E-state index contributed by atoms with van der Waals surface area (Å²) < 4.78 is 113. The van der Waals surface area contributed by atoms with E-state index in [1.54, 1.807) is 56.9 Å². The van der Waals surface area contributed by atoms with Crippen molar-refractivity contribution in [3.05, 3.63) is 81.4 Å². The predicted molar refractivity (Wildman–Crippen MR) is 340 cm³/mol. The minimum atomic E-state index is -4.58. The number of carbonyl (C=O) groups excluding carboxylic acids is 8. The molecule has 3 unspecified atom stereocenters. The number of aromatic nitrogens is 3. The van der Waals surface area contributed by atoms with Crippen LogP contribution in [0.15, 0.2) is 58.6 Å². The first-order valence-corrected chi connectivity index (χ1v) is 38.4. The second-order valence-electron chi connectivity index (χ2n) is 22.5. The van der Waals surface area contributed by atoms with Gasteiger partial charge in [-0.2, -0.15) is 4.72 Å². The van der Waals surface area contributed by atoms with Crippen LogP contribution < -0.4 is 46.8 Å². The molecule has 3 aliphatic heterocycles. The topological polar surface area (TPSA) is 514 Å². The van der Waals surface area contributed by atoms with Crippen LogP contribution in [-0.4, -0.2) is 286 Å². The SMILES string of the molecule is Cc1cc(OCCCC(=O)NCCNC(=O)[C@H](CS(O)(O)O)NC(=O)[C@H](CS(O)(O)O)NC(=O)CN2CCN3CCN4CCN(CC2)CC(=O)[O][In]([O]C(=O)C3)[O]C(=O)C4)cc(C)c1S(=O)(=O)NC(CNC(=O)c1cn(C)c2cc(CNc3ncc[nH]3)ccc2c1=O)C(=O)O. The molecular weight excluding hydrogens is 1420 g/mol. The molecule has 3 fully saturated rings. The standard InChI is InChI=1S/C54H80N14O23S3.In/c1-33-21-36(22-34(2)49(33)94(89,90)63-39(53(81)82)25-59-50(78)38-26-64(3)42-23-35(6-7-37(42)48(38)77)24-60-54-57-10-11-58-54)91-20-4-5-43(69)55-8-9-56-51(79)40(31-92(83,84)85)62-52(80)41(32-93(86,87)88)61-44(70)27-65-12-14-66(28-45(71)72)16-18-68(30-47(75)76)19-17-67(15-13-65)29-46(73)74;/h6-7,10-11,21-23,26,39-41,63,83-88H,4-5,8-9,12-20,24-25,27-32H2,1-3H3,(H,55,69)(H,56,79)(H,59,78)(H,61,70)(H,62,80)(H,71,72)(H,73,74)(H,75,76)(H,81,82)(H2,57,58,60);/q;+3/p-3/t39?,40-,41-;/m0./s1. The van der Waals surface area contributed by atoms with Crippen molar-refractivity contribution in [3.63, 3.8) is 0 Å². The summed E-state index contributed by atoms with van der Waals surface area (Å²) >= 11 is -4.41. The number of amides is 5. The maximum absolute atomic E-state index is 13.7. The van der Waals surface area contributed by atoms with E-state index in [1.807, 2.05) is 4.90 Å². The average Bonchev–Trinajstić information content (AvgIpc) is 1.03. The molecule has 15 N–H and O–H groups in total. The number of aliphatic carboxylic acids is 1. The summed E-state index contributed by atoms with van der Waals surface area (Å²) in [5.74, 6) is -10.4. The Kier molecular flexibility index (Phi) is 27.0. The number of fused-ring (bicyclic) bond motifs is 8. The summed E-state index contributed by atoms with van der Waals surface area (Å²) in [5, 5.41) is 25.0. The maximum Gasteiger partial charge on any atom is 0.323 e. The molecule has 2 aromatic carbocycles. The molecule has 0 aliphatic carbocycles. The first-order valence-electron chi connectivity index (χ1n) is 29.5. The molecule has 5 heterocycles. The number of ether oxygens (including phenoxy) is 1. The zero-order valence-electron chi connectivity index (χ0n) is 51.8. The molecule has 3 saturated heterocycles. The van der Waals surface area contributed by atoms with Crippen LogP contribution in [0.5, 0.6) is 5.75 Å². The van der Waals surface area contributed by atoms with E-state index in [2.05, 4.69) is 46.6 Å². The Labute approximate surface area is 556 Å². The molecule has 3 aliphatic rings. The number of carboxylic acid groups (broad SMARTS) is 1. The van der Waals surface area contributed by atoms with Gasteiger partial charge >= 0.3 is 201 Å². The average molecular weight is 1500 g/mol. The number of anilines is 1. The summed E-state index contributed by atoms with van der Waals surface area (Å²) in [4.78, 5) is 145. The van der Waals surface area contributed by atoms with Crippen LogP contribution in [-0.2, 0) is 70.5 Å². The Morgan fingerprint density at radius 2 is 1.27 bits per heavy atom. The zero-order valence-corrected chi connectivity index (χ0v) is 57.6. The fourth-order valence-electron chi connectivity index (χ4n) is 10.3. The minimum Gasteiger partial charge on any atom is -0.480 e. The van der Waals surface area contributed by atoms with Gasteiger partial charge in [0.1, 0.15) is 23.4 Å². The number of nitrogens with zero attached hydrogens (tertiary/aromatic N) is 6. The van der Waals surface area contributed by atoms with E-state index in [9.17, 15) is 88.8 Å². The van der Waals surface area contributed by atoms with Crippen LogP contribution in [0, 0.1) is 13.8 Å². The van der Waals surface area contributed by atoms with Crippen LogP contribution in [0.2, 0.25) is 0 Å². The van der Waals surface area contributed by atoms with Crippen molar-refractivity contribution >= 4 is 125 Å². The van der Waals surface area contributed by atoms with Gasteiger partial charge in [-0.3, -0.25) is 28.8 Å². The number of aromatic amines is 1. The first-order chi connectivity index (χ1) is 44.8. The third-order valence-corrected chi connectivity index (χ3v) is 22.1. The van der Waals surface area contributed by atoms with E-state index in [-0.39, 0.29) is 124 Å². The number of carbonyl (C=O) groups is 9. The van der Waals surface area contributed by atoms with E-state index < -0.39 is 156 Å².